The Kier molecular flexibility index (Phi) is 6.11. The summed E-state index contributed by atoms with van der Waals surface area (Å²) < 4.78 is 9.21. The molecular weight excluding hydrogens is 412 g/mol. The first-order chi connectivity index (χ1) is 15.0. The van der Waals surface area contributed by atoms with Gasteiger partial charge in [0.25, 0.3) is 5.56 Å². The highest BCUT2D eigenvalue weighted by Gasteiger charge is 2.17. The fourth-order valence-electron chi connectivity index (χ4n) is 3.39. The number of fused-ring (bicyclic) bond motifs is 3. The Morgan fingerprint density at radius 1 is 1.23 bits per heavy atom. The van der Waals surface area contributed by atoms with E-state index in [1.165, 1.54) is 11.8 Å². The number of aromatic nitrogens is 4. The van der Waals surface area contributed by atoms with E-state index in [0.717, 1.165) is 22.4 Å². The summed E-state index contributed by atoms with van der Waals surface area (Å²) in [7, 11) is 0. The van der Waals surface area contributed by atoms with Crippen molar-refractivity contribution in [3.8, 4) is 5.75 Å². The number of nitrogens with zero attached hydrogens (tertiary/aromatic N) is 4. The lowest BCUT2D eigenvalue weighted by Gasteiger charge is -2.14. The lowest BCUT2D eigenvalue weighted by Crippen LogP contribution is -2.23. The van der Waals surface area contributed by atoms with E-state index in [0.29, 0.717) is 28.6 Å². The van der Waals surface area contributed by atoms with Crippen molar-refractivity contribution in [3.63, 3.8) is 0 Å². The average molecular weight is 437 g/mol. The second-order valence-corrected chi connectivity index (χ2v) is 8.37. The zero-order valence-corrected chi connectivity index (χ0v) is 18.3. The van der Waals surface area contributed by atoms with Crippen molar-refractivity contribution in [2.45, 2.75) is 31.7 Å². The molecule has 0 aliphatic heterocycles. The third-order valence-electron chi connectivity index (χ3n) is 4.97. The molecule has 4 rings (SSSR count). The number of hydrogen-bond acceptors (Lipinski definition) is 6. The number of aryl methyl sites for hydroxylation is 2. The number of hydrogen-bond donors (Lipinski definition) is 1. The van der Waals surface area contributed by atoms with Crippen molar-refractivity contribution in [2.75, 3.05) is 12.4 Å². The van der Waals surface area contributed by atoms with Crippen LogP contribution in [0.5, 0.6) is 5.75 Å². The van der Waals surface area contributed by atoms with Gasteiger partial charge in [0.1, 0.15) is 12.4 Å². The predicted molar refractivity (Wildman–Crippen MR) is 123 cm³/mol. The molecule has 0 saturated heterocycles. The Morgan fingerprint density at radius 3 is 2.84 bits per heavy atom. The van der Waals surface area contributed by atoms with Gasteiger partial charge in [-0.3, -0.25) is 13.8 Å². The summed E-state index contributed by atoms with van der Waals surface area (Å²) in [4.78, 5) is 12.8. The molecule has 0 saturated carbocycles. The smallest absolute Gasteiger partial charge is 0.263 e. The molecule has 2 aromatic carbocycles. The molecule has 0 aliphatic rings. The summed E-state index contributed by atoms with van der Waals surface area (Å²) >= 11 is 1.37. The van der Waals surface area contributed by atoms with Gasteiger partial charge in [0.2, 0.25) is 5.78 Å². The third kappa shape index (κ3) is 4.22. The first-order valence-corrected chi connectivity index (χ1v) is 11.0. The van der Waals surface area contributed by atoms with Crippen LogP contribution in [0.1, 0.15) is 11.1 Å². The molecule has 4 aromatic rings. The van der Waals surface area contributed by atoms with Crippen LogP contribution < -0.4 is 10.3 Å². The highest BCUT2D eigenvalue weighted by molar-refractivity contribution is 7.99. The van der Waals surface area contributed by atoms with Crippen LogP contribution in [0.2, 0.25) is 0 Å². The number of benzene rings is 2. The van der Waals surface area contributed by atoms with E-state index in [1.807, 2.05) is 54.6 Å². The van der Waals surface area contributed by atoms with Crippen molar-refractivity contribution >= 4 is 28.4 Å². The Hall–Kier alpha value is -3.10. The molecule has 2 heterocycles. The number of thioether (sulfide) groups is 1. The highest BCUT2D eigenvalue weighted by atomic mass is 32.2. The molecule has 1 N–H and O–H groups in total. The SMILES string of the molecule is C=CCn1c(=O)c2ccccc2n2c(SCC(O)COc3cc(C)ccc3C)nnc12. The molecule has 2 aromatic heterocycles. The normalized spacial score (nSPS) is 12.4. The minimum Gasteiger partial charge on any atom is -0.491 e. The van der Waals surface area contributed by atoms with Gasteiger partial charge in [-0.2, -0.15) is 0 Å². The fraction of sp³-hybridized carbons (Fsp3) is 0.261. The van der Waals surface area contributed by atoms with Gasteiger partial charge in [-0.15, -0.1) is 16.8 Å². The molecule has 0 fully saturated rings. The number of ether oxygens (including phenoxy) is 1. The molecule has 0 spiro atoms. The van der Waals surface area contributed by atoms with Crippen LogP contribution >= 0.6 is 11.8 Å². The monoisotopic (exact) mass is 436 g/mol. The first kappa shape index (κ1) is 21.1. The largest absolute Gasteiger partial charge is 0.491 e. The lowest BCUT2D eigenvalue weighted by molar-refractivity contribution is 0.126. The number of rotatable bonds is 8. The second kappa shape index (κ2) is 8.95. The summed E-state index contributed by atoms with van der Waals surface area (Å²) in [5.41, 5.74) is 2.74. The topological polar surface area (TPSA) is 81.7 Å². The molecule has 0 radical (unpaired) electrons. The predicted octanol–water partition coefficient (Wildman–Crippen LogP) is 3.38. The fourth-order valence-corrected chi connectivity index (χ4v) is 4.23. The van der Waals surface area contributed by atoms with Gasteiger partial charge < -0.3 is 9.84 Å². The van der Waals surface area contributed by atoms with Crippen molar-refractivity contribution in [3.05, 3.63) is 76.6 Å². The van der Waals surface area contributed by atoms with E-state index in [9.17, 15) is 9.90 Å². The van der Waals surface area contributed by atoms with Crippen LogP contribution in [-0.4, -0.2) is 42.7 Å². The molecule has 0 amide bonds. The van der Waals surface area contributed by atoms with Gasteiger partial charge in [0.15, 0.2) is 5.16 Å². The van der Waals surface area contributed by atoms with Crippen LogP contribution in [0, 0.1) is 13.8 Å². The van der Waals surface area contributed by atoms with Gasteiger partial charge in [0, 0.05) is 12.3 Å². The Labute approximate surface area is 184 Å². The average Bonchev–Trinajstić information content (AvgIpc) is 3.20. The van der Waals surface area contributed by atoms with E-state index in [-0.39, 0.29) is 12.2 Å². The molecule has 0 bridgehead atoms. The number of allylic oxidation sites excluding steroid dienone is 1. The van der Waals surface area contributed by atoms with Crippen LogP contribution in [-0.2, 0) is 6.54 Å². The Morgan fingerprint density at radius 2 is 2.03 bits per heavy atom. The van der Waals surface area contributed by atoms with Crippen LogP contribution in [0.15, 0.2) is 65.1 Å². The second-order valence-electron chi connectivity index (χ2n) is 7.38. The van der Waals surface area contributed by atoms with Crippen LogP contribution in [0.4, 0.5) is 0 Å². The molecule has 31 heavy (non-hydrogen) atoms. The summed E-state index contributed by atoms with van der Waals surface area (Å²) in [6, 6.07) is 13.4. The standard InChI is InChI=1S/C23H24N4O3S/c1-4-11-26-21(29)18-7-5-6-8-19(18)27-22(26)24-25-23(27)31-14-17(28)13-30-20-12-15(2)9-10-16(20)3/h4-10,12,17,28H,1,11,13-14H2,2-3H3. The number of aliphatic hydroxyl groups is 1. The molecular formula is C23H24N4O3S. The number of para-hydroxylation sites is 1. The highest BCUT2D eigenvalue weighted by Crippen LogP contribution is 2.23. The maximum atomic E-state index is 12.8. The zero-order chi connectivity index (χ0) is 22.0. The molecule has 1 atom stereocenters. The van der Waals surface area contributed by atoms with Gasteiger partial charge >= 0.3 is 0 Å². The molecule has 0 aliphatic carbocycles. The Balaban J connectivity index is 1.57. The minimum atomic E-state index is -0.692. The van der Waals surface area contributed by atoms with Crippen molar-refractivity contribution in [2.24, 2.45) is 0 Å². The van der Waals surface area contributed by atoms with Gasteiger partial charge in [-0.1, -0.05) is 42.1 Å². The van der Waals surface area contributed by atoms with Crippen molar-refractivity contribution in [1.82, 2.24) is 19.2 Å². The Bertz CT molecular complexity index is 1310. The van der Waals surface area contributed by atoms with E-state index in [4.69, 9.17) is 4.74 Å². The van der Waals surface area contributed by atoms with Crippen molar-refractivity contribution < 1.29 is 9.84 Å². The van der Waals surface area contributed by atoms with E-state index in [2.05, 4.69) is 16.8 Å². The van der Waals surface area contributed by atoms with Gasteiger partial charge in [0.05, 0.1) is 17.0 Å². The number of aliphatic hydroxyl groups excluding tert-OH is 1. The quantitative estimate of drug-likeness (QED) is 0.337. The minimum absolute atomic E-state index is 0.131. The molecule has 1 unspecified atom stereocenters. The zero-order valence-electron chi connectivity index (χ0n) is 17.5. The molecule has 7 nitrogen and oxygen atoms in total. The maximum Gasteiger partial charge on any atom is 0.263 e. The summed E-state index contributed by atoms with van der Waals surface area (Å²) in [6.07, 6.45) is 0.967. The van der Waals surface area contributed by atoms with E-state index >= 15 is 0 Å². The molecule has 160 valence electrons. The third-order valence-corrected chi connectivity index (χ3v) is 6.04. The van der Waals surface area contributed by atoms with Crippen molar-refractivity contribution in [1.29, 1.82) is 0 Å². The first-order valence-electron chi connectivity index (χ1n) is 9.98. The van der Waals surface area contributed by atoms with Crippen LogP contribution in [0.25, 0.3) is 16.7 Å². The summed E-state index contributed by atoms with van der Waals surface area (Å²) in [6.45, 7) is 8.23. The summed E-state index contributed by atoms with van der Waals surface area (Å²) in [5, 5.41) is 20.2. The molecule has 8 heteroatoms. The van der Waals surface area contributed by atoms with E-state index in [1.54, 1.807) is 16.7 Å². The van der Waals surface area contributed by atoms with Crippen LogP contribution in [0.3, 0.4) is 0 Å². The van der Waals surface area contributed by atoms with Gasteiger partial charge in [-0.25, -0.2) is 0 Å². The van der Waals surface area contributed by atoms with Gasteiger partial charge in [-0.05, 0) is 43.2 Å². The van der Waals surface area contributed by atoms with E-state index < -0.39 is 6.10 Å². The summed E-state index contributed by atoms with van der Waals surface area (Å²) in [5.74, 6) is 1.60. The lowest BCUT2D eigenvalue weighted by atomic mass is 10.1. The maximum absolute atomic E-state index is 12.8.